The molecule has 1 atom stereocenters. The van der Waals surface area contributed by atoms with Crippen molar-refractivity contribution in [3.63, 3.8) is 0 Å². The first-order valence-electron chi connectivity index (χ1n) is 6.14. The molecule has 0 bridgehead atoms. The number of rotatable bonds is 3. The standard InChI is InChI=1S/C13H15F3N4/c1-7(2)10(17)12-18-11(19-20-12)8-4-3-5-9(6-8)13(14,15)16/h3-7,10H,17H2,1-2H3,(H,18,19,20)/t10-/m1/s1. The van der Waals surface area contributed by atoms with Gasteiger partial charge in [-0.05, 0) is 18.1 Å². The zero-order chi connectivity index (χ0) is 14.9. The molecule has 3 N–H and O–H groups in total. The number of nitrogens with one attached hydrogen (secondary N) is 1. The SMILES string of the molecule is CC(C)[C@@H](N)c1nc(-c2cccc(C(F)(F)F)c2)n[nH]1. The molecule has 0 saturated heterocycles. The van der Waals surface area contributed by atoms with E-state index in [9.17, 15) is 13.2 Å². The maximum absolute atomic E-state index is 12.7. The van der Waals surface area contributed by atoms with Crippen LogP contribution in [0.25, 0.3) is 11.4 Å². The molecule has 1 heterocycles. The molecule has 108 valence electrons. The van der Waals surface area contributed by atoms with Gasteiger partial charge in [-0.1, -0.05) is 26.0 Å². The average Bonchev–Trinajstić information content (AvgIpc) is 2.86. The predicted molar refractivity (Wildman–Crippen MR) is 68.6 cm³/mol. The number of aromatic amines is 1. The summed E-state index contributed by atoms with van der Waals surface area (Å²) < 4.78 is 38.0. The van der Waals surface area contributed by atoms with Gasteiger partial charge in [-0.15, -0.1) is 0 Å². The van der Waals surface area contributed by atoms with E-state index in [1.807, 2.05) is 13.8 Å². The van der Waals surface area contributed by atoms with Crippen LogP contribution in [0.4, 0.5) is 13.2 Å². The summed E-state index contributed by atoms with van der Waals surface area (Å²) in [5.41, 5.74) is 5.49. The third-order valence-electron chi connectivity index (χ3n) is 2.98. The van der Waals surface area contributed by atoms with Crippen molar-refractivity contribution in [1.82, 2.24) is 15.2 Å². The second kappa shape index (κ2) is 5.24. The van der Waals surface area contributed by atoms with Crippen LogP contribution >= 0.6 is 0 Å². The van der Waals surface area contributed by atoms with Gasteiger partial charge in [0.25, 0.3) is 0 Å². The summed E-state index contributed by atoms with van der Waals surface area (Å²) >= 11 is 0. The minimum absolute atomic E-state index is 0.150. The lowest BCUT2D eigenvalue weighted by atomic mass is 10.1. The lowest BCUT2D eigenvalue weighted by Gasteiger charge is -2.11. The minimum Gasteiger partial charge on any atom is -0.321 e. The van der Waals surface area contributed by atoms with E-state index >= 15 is 0 Å². The molecule has 0 amide bonds. The molecule has 0 unspecified atom stereocenters. The largest absolute Gasteiger partial charge is 0.416 e. The molecule has 0 aliphatic rings. The first-order chi connectivity index (χ1) is 9.29. The highest BCUT2D eigenvalue weighted by atomic mass is 19.4. The molecule has 0 aliphatic carbocycles. The fraction of sp³-hybridized carbons (Fsp3) is 0.385. The van der Waals surface area contributed by atoms with Gasteiger partial charge >= 0.3 is 6.18 Å². The van der Waals surface area contributed by atoms with Crippen molar-refractivity contribution >= 4 is 0 Å². The number of aromatic nitrogens is 3. The number of nitrogens with zero attached hydrogens (tertiary/aromatic N) is 2. The van der Waals surface area contributed by atoms with Crippen LogP contribution in [0, 0.1) is 5.92 Å². The first-order valence-corrected chi connectivity index (χ1v) is 6.14. The Bertz CT molecular complexity index is 589. The fourth-order valence-electron chi connectivity index (χ4n) is 1.70. The van der Waals surface area contributed by atoms with E-state index in [2.05, 4.69) is 15.2 Å². The van der Waals surface area contributed by atoms with Crippen molar-refractivity contribution < 1.29 is 13.2 Å². The molecule has 1 aromatic heterocycles. The van der Waals surface area contributed by atoms with Gasteiger partial charge in [-0.2, -0.15) is 18.3 Å². The maximum atomic E-state index is 12.7. The highest BCUT2D eigenvalue weighted by molar-refractivity contribution is 5.56. The van der Waals surface area contributed by atoms with Crippen LogP contribution in [0.2, 0.25) is 0 Å². The van der Waals surface area contributed by atoms with Gasteiger partial charge in [0, 0.05) is 5.56 Å². The Kier molecular flexibility index (Phi) is 3.80. The second-order valence-corrected chi connectivity index (χ2v) is 4.89. The Morgan fingerprint density at radius 1 is 1.25 bits per heavy atom. The van der Waals surface area contributed by atoms with E-state index in [-0.39, 0.29) is 17.8 Å². The van der Waals surface area contributed by atoms with E-state index in [4.69, 9.17) is 5.73 Å². The number of halogens is 3. The van der Waals surface area contributed by atoms with Crippen molar-refractivity contribution in [3.8, 4) is 11.4 Å². The maximum Gasteiger partial charge on any atom is 0.416 e. The summed E-state index contributed by atoms with van der Waals surface area (Å²) in [6.45, 7) is 3.86. The highest BCUT2D eigenvalue weighted by Gasteiger charge is 2.30. The molecule has 2 aromatic rings. The highest BCUT2D eigenvalue weighted by Crippen LogP contribution is 2.31. The summed E-state index contributed by atoms with van der Waals surface area (Å²) in [7, 11) is 0. The zero-order valence-corrected chi connectivity index (χ0v) is 11.1. The zero-order valence-electron chi connectivity index (χ0n) is 11.1. The van der Waals surface area contributed by atoms with Crippen LogP contribution in [-0.2, 0) is 6.18 Å². The summed E-state index contributed by atoms with van der Waals surface area (Å²) in [4.78, 5) is 4.17. The number of alkyl halides is 3. The third kappa shape index (κ3) is 2.98. The molecule has 1 aromatic carbocycles. The van der Waals surface area contributed by atoms with E-state index in [1.54, 1.807) is 0 Å². The summed E-state index contributed by atoms with van der Waals surface area (Å²) in [6.07, 6.45) is -4.39. The van der Waals surface area contributed by atoms with Gasteiger partial charge in [0.05, 0.1) is 11.6 Å². The van der Waals surface area contributed by atoms with Crippen LogP contribution in [0.15, 0.2) is 24.3 Å². The molecule has 0 spiro atoms. The van der Waals surface area contributed by atoms with Crippen molar-refractivity contribution in [2.24, 2.45) is 11.7 Å². The lowest BCUT2D eigenvalue weighted by Crippen LogP contribution is -2.18. The molecule has 0 fully saturated rings. The smallest absolute Gasteiger partial charge is 0.321 e. The second-order valence-electron chi connectivity index (χ2n) is 4.89. The summed E-state index contributed by atoms with van der Waals surface area (Å²) in [5, 5.41) is 6.61. The van der Waals surface area contributed by atoms with Crippen LogP contribution in [0.1, 0.15) is 31.3 Å². The Labute approximate surface area is 114 Å². The monoisotopic (exact) mass is 284 g/mol. The molecule has 7 heteroatoms. The predicted octanol–water partition coefficient (Wildman–Crippen LogP) is 3.15. The number of hydrogen-bond donors (Lipinski definition) is 2. The molecule has 20 heavy (non-hydrogen) atoms. The molecule has 0 aliphatic heterocycles. The van der Waals surface area contributed by atoms with Gasteiger partial charge in [-0.3, -0.25) is 5.10 Å². The van der Waals surface area contributed by atoms with Crippen LogP contribution in [0.3, 0.4) is 0 Å². The number of H-pyrrole nitrogens is 1. The van der Waals surface area contributed by atoms with Crippen LogP contribution < -0.4 is 5.73 Å². The molecule has 2 rings (SSSR count). The number of benzene rings is 1. The molecular weight excluding hydrogens is 269 g/mol. The minimum atomic E-state index is -4.39. The fourth-order valence-corrected chi connectivity index (χ4v) is 1.70. The van der Waals surface area contributed by atoms with Gasteiger partial charge in [0.1, 0.15) is 5.82 Å². The topological polar surface area (TPSA) is 67.6 Å². The molecule has 4 nitrogen and oxygen atoms in total. The first kappa shape index (κ1) is 14.5. The van der Waals surface area contributed by atoms with E-state index in [0.29, 0.717) is 11.4 Å². The number of hydrogen-bond acceptors (Lipinski definition) is 3. The Hall–Kier alpha value is -1.89. The Morgan fingerprint density at radius 2 is 1.95 bits per heavy atom. The quantitative estimate of drug-likeness (QED) is 0.909. The number of nitrogens with two attached hydrogens (primary N) is 1. The molecule has 0 radical (unpaired) electrons. The molecular formula is C13H15F3N4. The van der Waals surface area contributed by atoms with Gasteiger partial charge in [0.2, 0.25) is 0 Å². The normalized spacial score (nSPS) is 13.8. The van der Waals surface area contributed by atoms with E-state index in [0.717, 1.165) is 12.1 Å². The van der Waals surface area contributed by atoms with Crippen molar-refractivity contribution in [2.45, 2.75) is 26.1 Å². The van der Waals surface area contributed by atoms with Gasteiger partial charge in [0.15, 0.2) is 5.82 Å². The average molecular weight is 284 g/mol. The van der Waals surface area contributed by atoms with Gasteiger partial charge in [-0.25, -0.2) is 4.98 Å². The van der Waals surface area contributed by atoms with Crippen molar-refractivity contribution in [1.29, 1.82) is 0 Å². The lowest BCUT2D eigenvalue weighted by molar-refractivity contribution is -0.137. The summed E-state index contributed by atoms with van der Waals surface area (Å²) in [5.74, 6) is 0.826. The Balaban J connectivity index is 2.33. The third-order valence-corrected chi connectivity index (χ3v) is 2.98. The van der Waals surface area contributed by atoms with Gasteiger partial charge < -0.3 is 5.73 Å². The van der Waals surface area contributed by atoms with Crippen molar-refractivity contribution in [2.75, 3.05) is 0 Å². The molecule has 0 saturated carbocycles. The summed E-state index contributed by atoms with van der Waals surface area (Å²) in [6, 6.07) is 4.56. The van der Waals surface area contributed by atoms with E-state index in [1.165, 1.54) is 12.1 Å². The Morgan fingerprint density at radius 3 is 2.55 bits per heavy atom. The van der Waals surface area contributed by atoms with Crippen LogP contribution in [0.5, 0.6) is 0 Å². The van der Waals surface area contributed by atoms with E-state index < -0.39 is 11.7 Å². The van der Waals surface area contributed by atoms with Crippen LogP contribution in [-0.4, -0.2) is 15.2 Å². The van der Waals surface area contributed by atoms with Crippen molar-refractivity contribution in [3.05, 3.63) is 35.7 Å².